The summed E-state index contributed by atoms with van der Waals surface area (Å²) >= 11 is 4.91. The molecule has 3 aromatic rings. The van der Waals surface area contributed by atoms with Gasteiger partial charge >= 0.3 is 5.97 Å². The van der Waals surface area contributed by atoms with E-state index in [1.54, 1.807) is 18.2 Å². The maximum absolute atomic E-state index is 11.6. The third-order valence-corrected chi connectivity index (χ3v) is 4.90. The van der Waals surface area contributed by atoms with Crippen LogP contribution < -0.4 is 4.74 Å². The van der Waals surface area contributed by atoms with Gasteiger partial charge in [-0.2, -0.15) is 4.98 Å². The number of benzene rings is 1. The number of thiophene rings is 1. The van der Waals surface area contributed by atoms with Crippen molar-refractivity contribution in [1.82, 2.24) is 10.1 Å². The zero-order valence-corrected chi connectivity index (χ0v) is 15.3. The fourth-order valence-electron chi connectivity index (χ4n) is 1.98. The molecule has 124 valence electrons. The van der Waals surface area contributed by atoms with Crippen molar-refractivity contribution in [3.05, 3.63) is 51.1 Å². The molecule has 24 heavy (non-hydrogen) atoms. The number of aryl methyl sites for hydroxylation is 1. The SMILES string of the molecule is COC(=O)c1ccc(C)c(OCc2nc(-c3cc(Br)cs3)no2)c1. The smallest absolute Gasteiger partial charge is 0.337 e. The summed E-state index contributed by atoms with van der Waals surface area (Å²) in [4.78, 5) is 16.8. The van der Waals surface area contributed by atoms with E-state index in [2.05, 4.69) is 26.1 Å². The zero-order valence-electron chi connectivity index (χ0n) is 12.9. The highest BCUT2D eigenvalue weighted by Crippen LogP contribution is 2.28. The van der Waals surface area contributed by atoms with Gasteiger partial charge < -0.3 is 14.0 Å². The Bertz CT molecular complexity index is 875. The molecule has 0 saturated heterocycles. The average molecular weight is 409 g/mol. The third-order valence-electron chi connectivity index (χ3n) is 3.22. The molecule has 2 heterocycles. The molecule has 0 amide bonds. The largest absolute Gasteiger partial charge is 0.483 e. The fraction of sp³-hybridized carbons (Fsp3) is 0.188. The van der Waals surface area contributed by atoms with E-state index in [-0.39, 0.29) is 6.61 Å². The topological polar surface area (TPSA) is 74.5 Å². The van der Waals surface area contributed by atoms with E-state index >= 15 is 0 Å². The Hall–Kier alpha value is -2.19. The highest BCUT2D eigenvalue weighted by atomic mass is 79.9. The van der Waals surface area contributed by atoms with Crippen molar-refractivity contribution in [2.45, 2.75) is 13.5 Å². The van der Waals surface area contributed by atoms with Crippen LogP contribution in [0, 0.1) is 6.92 Å². The number of rotatable bonds is 5. The van der Waals surface area contributed by atoms with Crippen LogP contribution in [-0.2, 0) is 11.3 Å². The minimum absolute atomic E-state index is 0.116. The molecule has 2 aromatic heterocycles. The number of halogens is 1. The van der Waals surface area contributed by atoms with Gasteiger partial charge in [-0.15, -0.1) is 11.3 Å². The summed E-state index contributed by atoms with van der Waals surface area (Å²) < 4.78 is 16.6. The number of hydrogen-bond donors (Lipinski definition) is 0. The van der Waals surface area contributed by atoms with Crippen LogP contribution in [0.5, 0.6) is 5.75 Å². The maximum Gasteiger partial charge on any atom is 0.337 e. The molecule has 0 unspecified atom stereocenters. The molecular weight excluding hydrogens is 396 g/mol. The molecule has 0 atom stereocenters. The number of carbonyl (C=O) groups excluding carboxylic acids is 1. The molecule has 0 bridgehead atoms. The minimum Gasteiger partial charge on any atom is -0.483 e. The van der Waals surface area contributed by atoms with Crippen molar-refractivity contribution < 1.29 is 18.8 Å². The van der Waals surface area contributed by atoms with E-state index in [0.29, 0.717) is 23.0 Å². The lowest BCUT2D eigenvalue weighted by Crippen LogP contribution is -2.03. The molecule has 3 rings (SSSR count). The molecule has 0 aliphatic carbocycles. The van der Waals surface area contributed by atoms with Gasteiger partial charge in [-0.3, -0.25) is 0 Å². The molecule has 0 saturated carbocycles. The van der Waals surface area contributed by atoms with E-state index in [9.17, 15) is 4.79 Å². The fourth-order valence-corrected chi connectivity index (χ4v) is 3.34. The summed E-state index contributed by atoms with van der Waals surface area (Å²) in [6, 6.07) is 7.04. The Morgan fingerprint density at radius 1 is 1.38 bits per heavy atom. The zero-order chi connectivity index (χ0) is 17.1. The first-order valence-corrected chi connectivity index (χ1v) is 8.63. The molecule has 0 radical (unpaired) electrons. The van der Waals surface area contributed by atoms with Gasteiger partial charge in [0, 0.05) is 9.85 Å². The first kappa shape index (κ1) is 16.7. The van der Waals surface area contributed by atoms with E-state index in [0.717, 1.165) is 14.9 Å². The summed E-state index contributed by atoms with van der Waals surface area (Å²) in [5, 5.41) is 5.89. The highest BCUT2D eigenvalue weighted by Gasteiger charge is 2.13. The molecule has 0 fully saturated rings. The van der Waals surface area contributed by atoms with Crippen molar-refractivity contribution >= 4 is 33.2 Å². The van der Waals surface area contributed by atoms with Crippen molar-refractivity contribution in [1.29, 1.82) is 0 Å². The van der Waals surface area contributed by atoms with Crippen molar-refractivity contribution in [2.75, 3.05) is 7.11 Å². The Kier molecular flexibility index (Phi) is 4.96. The summed E-state index contributed by atoms with van der Waals surface area (Å²) in [5.74, 6) is 1.03. The number of methoxy groups -OCH3 is 1. The van der Waals surface area contributed by atoms with Gasteiger partial charge in [0.15, 0.2) is 6.61 Å². The number of esters is 1. The van der Waals surface area contributed by atoms with Gasteiger partial charge in [-0.05, 0) is 46.6 Å². The van der Waals surface area contributed by atoms with Crippen molar-refractivity contribution in [3.8, 4) is 16.5 Å². The minimum atomic E-state index is -0.414. The van der Waals surface area contributed by atoms with Gasteiger partial charge in [0.25, 0.3) is 5.89 Å². The van der Waals surface area contributed by atoms with Crippen LogP contribution in [0.1, 0.15) is 21.8 Å². The number of nitrogens with zero attached hydrogens (tertiary/aromatic N) is 2. The Labute approximate surface area is 150 Å². The van der Waals surface area contributed by atoms with Crippen LogP contribution in [0.2, 0.25) is 0 Å². The monoisotopic (exact) mass is 408 g/mol. The summed E-state index contributed by atoms with van der Waals surface area (Å²) in [5.41, 5.74) is 1.32. The quantitative estimate of drug-likeness (QED) is 0.587. The lowest BCUT2D eigenvalue weighted by Gasteiger charge is -2.08. The lowest BCUT2D eigenvalue weighted by molar-refractivity contribution is 0.0600. The van der Waals surface area contributed by atoms with Crippen molar-refractivity contribution in [2.24, 2.45) is 0 Å². The number of aromatic nitrogens is 2. The molecule has 8 heteroatoms. The summed E-state index contributed by atoms with van der Waals surface area (Å²) in [6.07, 6.45) is 0. The van der Waals surface area contributed by atoms with Crippen molar-refractivity contribution in [3.63, 3.8) is 0 Å². The normalized spacial score (nSPS) is 10.6. The van der Waals surface area contributed by atoms with Crippen LogP contribution in [0.3, 0.4) is 0 Å². The molecule has 0 aliphatic rings. The van der Waals surface area contributed by atoms with Crippen LogP contribution in [0.25, 0.3) is 10.7 Å². The molecule has 1 aromatic carbocycles. The summed E-state index contributed by atoms with van der Waals surface area (Å²) in [6.45, 7) is 2.00. The lowest BCUT2D eigenvalue weighted by atomic mass is 10.1. The maximum atomic E-state index is 11.6. The Morgan fingerprint density at radius 2 is 2.21 bits per heavy atom. The highest BCUT2D eigenvalue weighted by molar-refractivity contribution is 9.10. The third kappa shape index (κ3) is 3.65. The second kappa shape index (κ2) is 7.14. The predicted molar refractivity (Wildman–Crippen MR) is 92.2 cm³/mol. The van der Waals surface area contributed by atoms with Gasteiger partial charge in [-0.25, -0.2) is 4.79 Å². The van der Waals surface area contributed by atoms with Crippen LogP contribution in [0.4, 0.5) is 0 Å². The van der Waals surface area contributed by atoms with Crippen LogP contribution in [-0.4, -0.2) is 23.2 Å². The van der Waals surface area contributed by atoms with E-state index < -0.39 is 5.97 Å². The standard InChI is InChI=1S/C16H13BrN2O4S/c1-9-3-4-10(16(20)21-2)5-12(9)22-7-14-18-15(19-23-14)13-6-11(17)8-24-13/h3-6,8H,7H2,1-2H3. The number of carbonyl (C=O) groups is 1. The second-order valence-corrected chi connectivity index (χ2v) is 6.73. The van der Waals surface area contributed by atoms with Gasteiger partial charge in [0.1, 0.15) is 5.75 Å². The van der Waals surface area contributed by atoms with Gasteiger partial charge in [-0.1, -0.05) is 11.2 Å². The van der Waals surface area contributed by atoms with Gasteiger partial charge in [0.05, 0.1) is 17.6 Å². The van der Waals surface area contributed by atoms with E-state index in [1.807, 2.05) is 18.4 Å². The number of hydrogen-bond acceptors (Lipinski definition) is 7. The first-order valence-electron chi connectivity index (χ1n) is 6.95. The molecule has 0 N–H and O–H groups in total. The van der Waals surface area contributed by atoms with Gasteiger partial charge in [0.2, 0.25) is 5.82 Å². The predicted octanol–water partition coefficient (Wildman–Crippen LogP) is 4.23. The second-order valence-electron chi connectivity index (χ2n) is 4.90. The molecule has 6 nitrogen and oxygen atoms in total. The van der Waals surface area contributed by atoms with E-state index in [1.165, 1.54) is 18.4 Å². The number of ether oxygens (including phenoxy) is 2. The van der Waals surface area contributed by atoms with Crippen LogP contribution in [0.15, 0.2) is 38.6 Å². The Balaban J connectivity index is 1.72. The molecule has 0 aliphatic heterocycles. The average Bonchev–Trinajstić information content (AvgIpc) is 3.22. The van der Waals surface area contributed by atoms with E-state index in [4.69, 9.17) is 14.0 Å². The summed E-state index contributed by atoms with van der Waals surface area (Å²) in [7, 11) is 1.34. The first-order chi connectivity index (χ1) is 11.6. The van der Waals surface area contributed by atoms with Crippen LogP contribution >= 0.6 is 27.3 Å². The Morgan fingerprint density at radius 3 is 2.92 bits per heavy atom. The molecular formula is C16H13BrN2O4S. The molecule has 0 spiro atoms.